The number of hydrogen-bond donors (Lipinski definition) is 0. The van der Waals surface area contributed by atoms with Crippen molar-refractivity contribution >= 4 is 5.69 Å². The Labute approximate surface area is 196 Å². The van der Waals surface area contributed by atoms with Crippen molar-refractivity contribution in [1.82, 2.24) is 25.1 Å². The van der Waals surface area contributed by atoms with Gasteiger partial charge in [-0.1, -0.05) is 37.6 Å². The average Bonchev–Trinajstić information content (AvgIpc) is 3.34. The molecule has 0 bridgehead atoms. The summed E-state index contributed by atoms with van der Waals surface area (Å²) in [6, 6.07) is 16.9. The molecule has 1 unspecified atom stereocenters. The summed E-state index contributed by atoms with van der Waals surface area (Å²) in [7, 11) is 3.31. The summed E-state index contributed by atoms with van der Waals surface area (Å²) in [6.45, 7) is 6.98. The van der Waals surface area contributed by atoms with Gasteiger partial charge in [0.25, 0.3) is 0 Å². The van der Waals surface area contributed by atoms with Gasteiger partial charge in [-0.05, 0) is 53.1 Å². The fraction of sp³-hybridized carbons (Fsp3) is 0.480. The molecule has 33 heavy (non-hydrogen) atoms. The van der Waals surface area contributed by atoms with Crippen molar-refractivity contribution < 1.29 is 9.47 Å². The lowest BCUT2D eigenvalue weighted by molar-refractivity contribution is 0.164. The minimum absolute atomic E-state index is 0.230. The molecule has 8 heteroatoms. The number of hydrogen-bond acceptors (Lipinski definition) is 7. The van der Waals surface area contributed by atoms with E-state index < -0.39 is 0 Å². The molecule has 0 radical (unpaired) electrons. The molecule has 8 nitrogen and oxygen atoms in total. The molecule has 0 spiro atoms. The molecule has 1 aliphatic heterocycles. The second kappa shape index (κ2) is 11.1. The average molecular weight is 451 g/mol. The van der Waals surface area contributed by atoms with Crippen LogP contribution in [0, 0.1) is 0 Å². The number of tetrazole rings is 1. The fourth-order valence-electron chi connectivity index (χ4n) is 4.56. The SMILES string of the molecule is CCCC(c1nnnn1CCc1ccc(OC)c(OC)c1)N1CCN(c2ccccc2)CC1. The first-order chi connectivity index (χ1) is 16.2. The van der Waals surface area contributed by atoms with Crippen molar-refractivity contribution in [3.05, 3.63) is 59.9 Å². The third-order valence-corrected chi connectivity index (χ3v) is 6.36. The van der Waals surface area contributed by atoms with E-state index in [1.807, 2.05) is 16.8 Å². The number of anilines is 1. The molecule has 1 atom stereocenters. The molecule has 3 aromatic rings. The van der Waals surface area contributed by atoms with E-state index in [1.165, 1.54) is 5.69 Å². The van der Waals surface area contributed by atoms with E-state index in [1.54, 1.807) is 14.2 Å². The van der Waals surface area contributed by atoms with Gasteiger partial charge in [0.05, 0.1) is 20.3 Å². The maximum Gasteiger partial charge on any atom is 0.168 e. The van der Waals surface area contributed by atoms with E-state index in [4.69, 9.17) is 9.47 Å². The summed E-state index contributed by atoms with van der Waals surface area (Å²) in [4.78, 5) is 5.00. The molecule has 1 aliphatic rings. The lowest BCUT2D eigenvalue weighted by atomic mass is 10.1. The van der Waals surface area contributed by atoms with E-state index in [0.717, 1.165) is 74.9 Å². The lowest BCUT2D eigenvalue weighted by Gasteiger charge is -2.39. The third-order valence-electron chi connectivity index (χ3n) is 6.36. The van der Waals surface area contributed by atoms with Crippen LogP contribution in [0.1, 0.15) is 37.2 Å². The zero-order valence-corrected chi connectivity index (χ0v) is 19.9. The van der Waals surface area contributed by atoms with Crippen LogP contribution in [0.15, 0.2) is 48.5 Å². The monoisotopic (exact) mass is 450 g/mol. The summed E-state index contributed by atoms with van der Waals surface area (Å²) < 4.78 is 12.8. The quantitative estimate of drug-likeness (QED) is 0.467. The first-order valence-corrected chi connectivity index (χ1v) is 11.7. The Morgan fingerprint density at radius 1 is 0.939 bits per heavy atom. The number of methoxy groups -OCH3 is 2. The molecular weight excluding hydrogens is 416 g/mol. The Balaban J connectivity index is 1.43. The van der Waals surface area contributed by atoms with Crippen molar-refractivity contribution in [1.29, 1.82) is 0 Å². The van der Waals surface area contributed by atoms with Crippen LogP contribution >= 0.6 is 0 Å². The molecular formula is C25H34N6O2. The van der Waals surface area contributed by atoms with Crippen LogP contribution in [-0.4, -0.2) is 65.5 Å². The summed E-state index contributed by atoms with van der Waals surface area (Å²) >= 11 is 0. The number of piperazine rings is 1. The molecule has 0 aliphatic carbocycles. The van der Waals surface area contributed by atoms with Gasteiger partial charge in [-0.3, -0.25) is 4.90 Å². The number of aryl methyl sites for hydroxylation is 2. The predicted molar refractivity (Wildman–Crippen MR) is 129 cm³/mol. The maximum atomic E-state index is 5.45. The van der Waals surface area contributed by atoms with Gasteiger partial charge in [0, 0.05) is 38.4 Å². The topological polar surface area (TPSA) is 68.5 Å². The van der Waals surface area contributed by atoms with Gasteiger partial charge in [-0.15, -0.1) is 5.10 Å². The van der Waals surface area contributed by atoms with E-state index >= 15 is 0 Å². The second-order valence-electron chi connectivity index (χ2n) is 8.36. The normalized spacial score (nSPS) is 15.4. The predicted octanol–water partition coefficient (Wildman–Crippen LogP) is 3.60. The summed E-state index contributed by atoms with van der Waals surface area (Å²) in [5, 5.41) is 12.8. The van der Waals surface area contributed by atoms with Gasteiger partial charge in [-0.25, -0.2) is 4.68 Å². The largest absolute Gasteiger partial charge is 0.493 e. The van der Waals surface area contributed by atoms with Gasteiger partial charge in [0.2, 0.25) is 0 Å². The molecule has 1 fully saturated rings. The Hall–Kier alpha value is -3.13. The molecule has 0 N–H and O–H groups in total. The van der Waals surface area contributed by atoms with Crippen LogP contribution in [0.4, 0.5) is 5.69 Å². The summed E-state index contributed by atoms with van der Waals surface area (Å²) in [5.41, 5.74) is 2.46. The van der Waals surface area contributed by atoms with Crippen LogP contribution in [0.2, 0.25) is 0 Å². The number of aromatic nitrogens is 4. The summed E-state index contributed by atoms with van der Waals surface area (Å²) in [5.74, 6) is 2.44. The van der Waals surface area contributed by atoms with Crippen LogP contribution in [0.25, 0.3) is 0 Å². The van der Waals surface area contributed by atoms with Crippen molar-refractivity contribution in [3.8, 4) is 11.5 Å². The smallest absolute Gasteiger partial charge is 0.168 e. The van der Waals surface area contributed by atoms with Gasteiger partial charge in [0.1, 0.15) is 0 Å². The highest BCUT2D eigenvalue weighted by molar-refractivity contribution is 5.46. The Morgan fingerprint density at radius 2 is 1.70 bits per heavy atom. The molecule has 2 heterocycles. The number of ether oxygens (including phenoxy) is 2. The zero-order chi connectivity index (χ0) is 23.0. The van der Waals surface area contributed by atoms with Gasteiger partial charge in [0.15, 0.2) is 17.3 Å². The van der Waals surface area contributed by atoms with Gasteiger partial charge in [-0.2, -0.15) is 0 Å². The minimum Gasteiger partial charge on any atom is -0.493 e. The lowest BCUT2D eigenvalue weighted by Crippen LogP contribution is -2.48. The number of para-hydroxylation sites is 1. The number of benzene rings is 2. The Morgan fingerprint density at radius 3 is 2.39 bits per heavy atom. The van der Waals surface area contributed by atoms with E-state index in [2.05, 4.69) is 68.6 Å². The minimum atomic E-state index is 0.230. The highest BCUT2D eigenvalue weighted by Crippen LogP contribution is 2.29. The standard InChI is InChI=1S/C25H34N6O2/c1-4-8-22(30-17-15-29(16-18-30)21-9-6-5-7-10-21)25-26-27-28-31(25)14-13-20-11-12-23(32-2)24(19-20)33-3/h5-7,9-12,19,22H,4,8,13-18H2,1-3H3. The molecule has 1 aromatic heterocycles. The van der Waals surface area contributed by atoms with Crippen molar-refractivity contribution in [2.75, 3.05) is 45.3 Å². The first-order valence-electron chi connectivity index (χ1n) is 11.7. The van der Waals surface area contributed by atoms with E-state index in [0.29, 0.717) is 0 Å². The summed E-state index contributed by atoms with van der Waals surface area (Å²) in [6.07, 6.45) is 2.95. The zero-order valence-electron chi connectivity index (χ0n) is 19.9. The van der Waals surface area contributed by atoms with E-state index in [-0.39, 0.29) is 6.04 Å². The molecule has 1 saturated heterocycles. The molecule has 176 valence electrons. The first kappa shape index (κ1) is 23.0. The van der Waals surface area contributed by atoms with Crippen LogP contribution in [-0.2, 0) is 13.0 Å². The molecule has 0 amide bonds. The molecule has 4 rings (SSSR count). The van der Waals surface area contributed by atoms with Crippen molar-refractivity contribution in [3.63, 3.8) is 0 Å². The Bertz CT molecular complexity index is 1000. The van der Waals surface area contributed by atoms with Crippen molar-refractivity contribution in [2.24, 2.45) is 0 Å². The van der Waals surface area contributed by atoms with E-state index in [9.17, 15) is 0 Å². The van der Waals surface area contributed by atoms with Gasteiger partial charge < -0.3 is 14.4 Å². The Kier molecular flexibility index (Phi) is 7.78. The fourth-order valence-corrected chi connectivity index (χ4v) is 4.56. The third kappa shape index (κ3) is 5.45. The van der Waals surface area contributed by atoms with Crippen molar-refractivity contribution in [2.45, 2.75) is 38.8 Å². The van der Waals surface area contributed by atoms with Crippen LogP contribution in [0.5, 0.6) is 11.5 Å². The number of rotatable bonds is 10. The second-order valence-corrected chi connectivity index (χ2v) is 8.36. The number of nitrogens with zero attached hydrogens (tertiary/aromatic N) is 6. The van der Waals surface area contributed by atoms with Crippen LogP contribution < -0.4 is 14.4 Å². The molecule has 0 saturated carbocycles. The molecule has 2 aromatic carbocycles. The highest BCUT2D eigenvalue weighted by Gasteiger charge is 2.28. The highest BCUT2D eigenvalue weighted by atomic mass is 16.5. The van der Waals surface area contributed by atoms with Crippen LogP contribution in [0.3, 0.4) is 0 Å². The maximum absolute atomic E-state index is 5.45. The van der Waals surface area contributed by atoms with Gasteiger partial charge >= 0.3 is 0 Å².